The zero-order valence-electron chi connectivity index (χ0n) is 22.0. The van der Waals surface area contributed by atoms with Crippen molar-refractivity contribution in [3.8, 4) is 17.2 Å². The summed E-state index contributed by atoms with van der Waals surface area (Å²) in [4.78, 5) is 2.40. The third kappa shape index (κ3) is 7.02. The molecule has 0 amide bonds. The first-order chi connectivity index (χ1) is 17.3. The topological polar surface area (TPSA) is 69.0 Å². The molecule has 0 unspecified atom stereocenters. The molecule has 0 bridgehead atoms. The number of aryl methyl sites for hydroxylation is 3. The van der Waals surface area contributed by atoms with Crippen molar-refractivity contribution in [1.29, 1.82) is 0 Å². The maximum Gasteiger partial charge on any atom is 0.161 e. The number of aromatic nitrogens is 2. The van der Waals surface area contributed by atoms with Crippen molar-refractivity contribution in [2.45, 2.75) is 58.7 Å². The summed E-state index contributed by atoms with van der Waals surface area (Å²) in [6, 6.07) is 12.3. The second-order valence-electron chi connectivity index (χ2n) is 10.0. The Morgan fingerprint density at radius 2 is 1.78 bits per heavy atom. The van der Waals surface area contributed by atoms with E-state index in [1.165, 1.54) is 5.56 Å². The van der Waals surface area contributed by atoms with Gasteiger partial charge >= 0.3 is 0 Å². The lowest BCUT2D eigenvalue weighted by atomic mass is 9.96. The number of ether oxygens (including phenoxy) is 3. The minimum absolute atomic E-state index is 0.320. The first-order valence-electron chi connectivity index (χ1n) is 12.8. The summed E-state index contributed by atoms with van der Waals surface area (Å²) in [5.74, 6) is 2.32. The number of hydrogen-bond donors (Lipinski definition) is 1. The minimum atomic E-state index is -0.814. The Labute approximate surface area is 214 Å². The van der Waals surface area contributed by atoms with Crippen molar-refractivity contribution in [2.24, 2.45) is 0 Å². The molecule has 0 spiro atoms. The van der Waals surface area contributed by atoms with E-state index in [1.807, 2.05) is 49.1 Å². The van der Waals surface area contributed by atoms with Crippen LogP contribution in [-0.2, 0) is 13.1 Å². The van der Waals surface area contributed by atoms with Gasteiger partial charge in [-0.2, -0.15) is 5.10 Å². The van der Waals surface area contributed by atoms with Crippen LogP contribution < -0.4 is 14.2 Å². The maximum absolute atomic E-state index is 11.3. The van der Waals surface area contributed by atoms with Crippen LogP contribution in [0.4, 0.5) is 0 Å². The standard InChI is InChI=1S/C29H39N3O4/c1-22-6-8-26(24(3)16-22)36-21-29(33)10-5-12-31(13-11-29)20-25-7-9-27(34-4)28(17-25)35-15-14-32-19-23(2)18-30-32/h6-9,16-19,33H,5,10-15,20-21H2,1-4H3/t29-/m1/s1. The summed E-state index contributed by atoms with van der Waals surface area (Å²) in [6.45, 7) is 10.2. The van der Waals surface area contributed by atoms with Crippen LogP contribution in [0.5, 0.6) is 17.2 Å². The van der Waals surface area contributed by atoms with Crippen molar-refractivity contribution in [1.82, 2.24) is 14.7 Å². The van der Waals surface area contributed by atoms with Gasteiger partial charge in [-0.3, -0.25) is 9.58 Å². The molecule has 1 aromatic heterocycles. The molecule has 36 heavy (non-hydrogen) atoms. The van der Waals surface area contributed by atoms with E-state index in [-0.39, 0.29) is 0 Å². The van der Waals surface area contributed by atoms with Crippen molar-refractivity contribution in [2.75, 3.05) is 33.4 Å². The lowest BCUT2D eigenvalue weighted by molar-refractivity contribution is -0.0170. The third-order valence-corrected chi connectivity index (χ3v) is 6.81. The molecule has 0 saturated carbocycles. The molecule has 7 nitrogen and oxygen atoms in total. The normalized spacial score (nSPS) is 18.6. The number of methoxy groups -OCH3 is 1. The third-order valence-electron chi connectivity index (χ3n) is 6.81. The number of rotatable bonds is 10. The Balaban J connectivity index is 1.32. The Morgan fingerprint density at radius 3 is 2.53 bits per heavy atom. The second-order valence-corrected chi connectivity index (χ2v) is 10.0. The molecule has 4 rings (SSSR count). The van der Waals surface area contributed by atoms with Gasteiger partial charge in [0.1, 0.15) is 19.0 Å². The van der Waals surface area contributed by atoms with Gasteiger partial charge in [0.2, 0.25) is 0 Å². The molecule has 194 valence electrons. The van der Waals surface area contributed by atoms with Gasteiger partial charge < -0.3 is 19.3 Å². The van der Waals surface area contributed by atoms with Crippen molar-refractivity contribution in [3.63, 3.8) is 0 Å². The van der Waals surface area contributed by atoms with Crippen LogP contribution in [0, 0.1) is 20.8 Å². The first-order valence-corrected chi connectivity index (χ1v) is 12.8. The van der Waals surface area contributed by atoms with Gasteiger partial charge in [-0.05, 0) is 81.5 Å². The largest absolute Gasteiger partial charge is 0.493 e. The number of hydrogen-bond acceptors (Lipinski definition) is 6. The van der Waals surface area contributed by atoms with Gasteiger partial charge in [0.05, 0.1) is 25.5 Å². The van der Waals surface area contributed by atoms with E-state index in [4.69, 9.17) is 14.2 Å². The summed E-state index contributed by atoms with van der Waals surface area (Å²) in [6.07, 6.45) is 6.19. The quantitative estimate of drug-likeness (QED) is 0.442. The monoisotopic (exact) mass is 493 g/mol. The van der Waals surface area contributed by atoms with Gasteiger partial charge in [-0.1, -0.05) is 23.8 Å². The highest BCUT2D eigenvalue weighted by atomic mass is 16.5. The molecule has 3 aromatic rings. The van der Waals surface area contributed by atoms with Crippen LogP contribution in [0.15, 0.2) is 48.8 Å². The van der Waals surface area contributed by atoms with E-state index in [0.717, 1.165) is 66.4 Å². The van der Waals surface area contributed by atoms with Gasteiger partial charge in [-0.25, -0.2) is 0 Å². The molecule has 7 heteroatoms. The Kier molecular flexibility index (Phi) is 8.54. The SMILES string of the molecule is COc1ccc(CN2CCC[C@](O)(COc3ccc(C)cc3C)CC2)cc1OCCn1cc(C)cn1. The van der Waals surface area contributed by atoms with Crippen LogP contribution in [0.1, 0.15) is 41.5 Å². The van der Waals surface area contributed by atoms with E-state index >= 15 is 0 Å². The molecule has 1 atom stereocenters. The Bertz CT molecular complexity index is 1150. The van der Waals surface area contributed by atoms with Crippen LogP contribution >= 0.6 is 0 Å². The molecule has 2 heterocycles. The average Bonchev–Trinajstić information content (AvgIpc) is 3.17. The molecule has 1 aliphatic rings. The van der Waals surface area contributed by atoms with E-state index < -0.39 is 5.60 Å². The highest BCUT2D eigenvalue weighted by Crippen LogP contribution is 2.30. The first kappa shape index (κ1) is 26.0. The van der Waals surface area contributed by atoms with E-state index in [0.29, 0.717) is 26.2 Å². The second kappa shape index (κ2) is 11.8. The molecular formula is C29H39N3O4. The van der Waals surface area contributed by atoms with Gasteiger partial charge in [0.15, 0.2) is 11.5 Å². The number of benzene rings is 2. The number of aliphatic hydroxyl groups is 1. The zero-order chi connectivity index (χ0) is 25.5. The smallest absolute Gasteiger partial charge is 0.161 e. The molecular weight excluding hydrogens is 454 g/mol. The lowest BCUT2D eigenvalue weighted by Gasteiger charge is -2.27. The predicted molar refractivity (Wildman–Crippen MR) is 141 cm³/mol. The molecule has 1 fully saturated rings. The van der Waals surface area contributed by atoms with Crippen molar-refractivity contribution in [3.05, 3.63) is 71.0 Å². The van der Waals surface area contributed by atoms with E-state index in [9.17, 15) is 5.11 Å². The van der Waals surface area contributed by atoms with Crippen molar-refractivity contribution >= 4 is 0 Å². The number of likely N-dealkylation sites (tertiary alicyclic amines) is 1. The fourth-order valence-corrected chi connectivity index (χ4v) is 4.74. The van der Waals surface area contributed by atoms with Crippen LogP contribution in [0.25, 0.3) is 0 Å². The maximum atomic E-state index is 11.3. The van der Waals surface area contributed by atoms with E-state index in [2.05, 4.69) is 35.1 Å². The molecule has 0 aliphatic carbocycles. The zero-order valence-corrected chi connectivity index (χ0v) is 22.0. The van der Waals surface area contributed by atoms with Crippen LogP contribution in [-0.4, -0.2) is 58.8 Å². The predicted octanol–water partition coefficient (Wildman–Crippen LogP) is 4.69. The van der Waals surface area contributed by atoms with Crippen LogP contribution in [0.3, 0.4) is 0 Å². The summed E-state index contributed by atoms with van der Waals surface area (Å²) in [5.41, 5.74) is 3.80. The summed E-state index contributed by atoms with van der Waals surface area (Å²) in [5, 5.41) is 15.6. The van der Waals surface area contributed by atoms with Crippen molar-refractivity contribution < 1.29 is 19.3 Å². The molecule has 1 aliphatic heterocycles. The molecule has 2 aromatic carbocycles. The van der Waals surface area contributed by atoms with E-state index in [1.54, 1.807) is 7.11 Å². The molecule has 0 radical (unpaired) electrons. The van der Waals surface area contributed by atoms with Gasteiger partial charge in [0, 0.05) is 19.3 Å². The number of nitrogens with zero attached hydrogens (tertiary/aromatic N) is 3. The van der Waals surface area contributed by atoms with Crippen LogP contribution in [0.2, 0.25) is 0 Å². The molecule has 1 saturated heterocycles. The fraction of sp³-hybridized carbons (Fsp3) is 0.483. The Hall–Kier alpha value is -3.03. The fourth-order valence-electron chi connectivity index (χ4n) is 4.74. The van der Waals surface area contributed by atoms with Gasteiger partial charge in [-0.15, -0.1) is 0 Å². The molecule has 1 N–H and O–H groups in total. The summed E-state index contributed by atoms with van der Waals surface area (Å²) < 4.78 is 19.5. The average molecular weight is 494 g/mol. The summed E-state index contributed by atoms with van der Waals surface area (Å²) >= 11 is 0. The highest BCUT2D eigenvalue weighted by Gasteiger charge is 2.31. The highest BCUT2D eigenvalue weighted by molar-refractivity contribution is 5.43. The Morgan fingerprint density at radius 1 is 0.944 bits per heavy atom. The summed E-state index contributed by atoms with van der Waals surface area (Å²) in [7, 11) is 1.66. The van der Waals surface area contributed by atoms with Gasteiger partial charge in [0.25, 0.3) is 0 Å². The minimum Gasteiger partial charge on any atom is -0.493 e. The lowest BCUT2D eigenvalue weighted by Crippen LogP contribution is -2.37.